The topological polar surface area (TPSA) is 0 Å². The summed E-state index contributed by atoms with van der Waals surface area (Å²) in [4.78, 5) is 0. The lowest BCUT2D eigenvalue weighted by molar-refractivity contribution is 0.752. The maximum atomic E-state index is 5.97. The summed E-state index contributed by atoms with van der Waals surface area (Å²) in [6.45, 7) is 0. The molecule has 32 heavy (non-hydrogen) atoms. The van der Waals surface area contributed by atoms with Gasteiger partial charge in [0.05, 0.1) is 0 Å². The molecule has 2 atom stereocenters. The quantitative estimate of drug-likeness (QED) is 0.190. The van der Waals surface area contributed by atoms with E-state index in [0.29, 0.717) is 0 Å². The molecule has 5 aromatic rings. The molecule has 8 rings (SSSR count). The first-order valence-corrected chi connectivity index (χ1v) is 10.9. The van der Waals surface area contributed by atoms with Crippen LogP contribution in [-0.2, 0) is 0 Å². The molecule has 0 aromatic heterocycles. The minimum atomic E-state index is 0.108. The molecule has 0 N–H and O–H groups in total. The molecule has 0 amide bonds. The summed E-state index contributed by atoms with van der Waals surface area (Å²) in [7, 11) is 0. The fraction of sp³-hybridized carbons (Fsp3) is 0.0625. The fourth-order valence-electron chi connectivity index (χ4n) is 6.05. The van der Waals surface area contributed by atoms with Crippen LogP contribution in [0.15, 0.2) is 84.9 Å². The van der Waals surface area contributed by atoms with E-state index in [-0.39, 0.29) is 11.8 Å². The normalized spacial score (nSPS) is 17.3. The van der Waals surface area contributed by atoms with Crippen molar-refractivity contribution in [1.29, 1.82) is 0 Å². The maximum absolute atomic E-state index is 5.97. The van der Waals surface area contributed by atoms with Gasteiger partial charge in [0.1, 0.15) is 0 Å². The van der Waals surface area contributed by atoms with Crippen molar-refractivity contribution >= 4 is 21.5 Å². The minimum absolute atomic E-state index is 0.108. The van der Waals surface area contributed by atoms with Gasteiger partial charge in [0.25, 0.3) is 0 Å². The van der Waals surface area contributed by atoms with Crippen molar-refractivity contribution in [2.24, 2.45) is 0 Å². The third-order valence-corrected chi connectivity index (χ3v) is 7.32. The van der Waals surface area contributed by atoms with Crippen LogP contribution in [0.4, 0.5) is 0 Å². The lowest BCUT2D eigenvalue weighted by Crippen LogP contribution is -2.29. The molecule has 0 heteroatoms. The van der Waals surface area contributed by atoms with Gasteiger partial charge in [-0.1, -0.05) is 60.4 Å². The second kappa shape index (κ2) is 6.13. The molecule has 0 saturated heterocycles. The molecule has 0 nitrogen and oxygen atoms in total. The predicted molar refractivity (Wildman–Crippen MR) is 132 cm³/mol. The van der Waals surface area contributed by atoms with Gasteiger partial charge < -0.3 is 0 Å². The zero-order valence-electron chi connectivity index (χ0n) is 17.4. The van der Waals surface area contributed by atoms with Gasteiger partial charge in [-0.3, -0.25) is 0 Å². The zero-order chi connectivity index (χ0) is 21.4. The van der Waals surface area contributed by atoms with Crippen LogP contribution in [0.5, 0.6) is 0 Å². The molecule has 0 heterocycles. The number of hydrogen-bond donors (Lipinski definition) is 0. The fourth-order valence-corrected chi connectivity index (χ4v) is 6.05. The van der Waals surface area contributed by atoms with Crippen LogP contribution in [0.25, 0.3) is 21.5 Å². The monoisotopic (exact) mass is 402 g/mol. The van der Waals surface area contributed by atoms with Crippen molar-refractivity contribution in [3.8, 4) is 24.7 Å². The number of hydrogen-bond acceptors (Lipinski definition) is 0. The Morgan fingerprint density at radius 1 is 0.469 bits per heavy atom. The van der Waals surface area contributed by atoms with Gasteiger partial charge in [0, 0.05) is 23.0 Å². The summed E-state index contributed by atoms with van der Waals surface area (Å²) in [6.07, 6.45) is 11.9. The first-order valence-electron chi connectivity index (χ1n) is 10.9. The molecule has 146 valence electrons. The smallest absolute Gasteiger partial charge is 0.0362 e. The van der Waals surface area contributed by atoms with E-state index < -0.39 is 0 Å². The van der Waals surface area contributed by atoms with Crippen LogP contribution in [0.2, 0.25) is 0 Å². The molecular formula is C32H18. The van der Waals surface area contributed by atoms with Crippen LogP contribution in [0.3, 0.4) is 0 Å². The van der Waals surface area contributed by atoms with Crippen LogP contribution < -0.4 is 0 Å². The largest absolute Gasteiger partial charge is 0.115 e. The molecule has 5 aromatic carbocycles. The van der Waals surface area contributed by atoms with Crippen molar-refractivity contribution in [2.45, 2.75) is 11.8 Å². The molecule has 0 radical (unpaired) electrons. The standard InChI is InChI=1S/C32H18/c1-3-19-11-7-13-25-29(19)31-26-14-8-12-20(4-2)30(26)32(25)28-18-24-16-22-10-6-5-9-21(22)15-23(24)17-27(28)31/h1-2,5-18,31-32H/t31-,32-/m1/s1. The van der Waals surface area contributed by atoms with E-state index in [1.165, 1.54) is 54.9 Å². The number of rotatable bonds is 0. The highest BCUT2D eigenvalue weighted by molar-refractivity contribution is 5.99. The number of fused-ring (bicyclic) bond motifs is 2. The van der Waals surface area contributed by atoms with Crippen LogP contribution in [-0.4, -0.2) is 0 Å². The van der Waals surface area contributed by atoms with Crippen molar-refractivity contribution < 1.29 is 0 Å². The molecule has 3 aliphatic carbocycles. The zero-order valence-corrected chi connectivity index (χ0v) is 17.4. The highest BCUT2D eigenvalue weighted by atomic mass is 14.4. The van der Waals surface area contributed by atoms with E-state index in [9.17, 15) is 0 Å². The molecule has 2 bridgehead atoms. The average Bonchev–Trinajstić information content (AvgIpc) is 2.85. The first-order chi connectivity index (χ1) is 15.8. The number of benzene rings is 5. The summed E-state index contributed by atoms with van der Waals surface area (Å²) in [5.41, 5.74) is 9.83. The lowest BCUT2D eigenvalue weighted by atomic mass is 9.59. The SMILES string of the molecule is C#Cc1cccc2c1[C@H]1c3cc4cc5ccccc5cc4cc3[C@@H]2c2c(C#C)cccc21. The van der Waals surface area contributed by atoms with Gasteiger partial charge in [-0.15, -0.1) is 12.8 Å². The van der Waals surface area contributed by atoms with Crippen molar-refractivity contribution in [3.63, 3.8) is 0 Å². The summed E-state index contributed by atoms with van der Waals surface area (Å²) >= 11 is 0. The molecule has 0 saturated carbocycles. The minimum Gasteiger partial charge on any atom is -0.115 e. The van der Waals surface area contributed by atoms with E-state index in [2.05, 4.69) is 96.8 Å². The Hall–Kier alpha value is -4.26. The Kier molecular flexibility index (Phi) is 3.34. The molecule has 0 spiro atoms. The van der Waals surface area contributed by atoms with Crippen LogP contribution in [0, 0.1) is 24.7 Å². The predicted octanol–water partition coefficient (Wildman–Crippen LogP) is 6.94. The first kappa shape index (κ1) is 17.4. The van der Waals surface area contributed by atoms with E-state index in [1.54, 1.807) is 0 Å². The van der Waals surface area contributed by atoms with Crippen molar-refractivity contribution in [1.82, 2.24) is 0 Å². The van der Waals surface area contributed by atoms with Crippen molar-refractivity contribution in [3.05, 3.63) is 129 Å². The highest BCUT2D eigenvalue weighted by Crippen LogP contribution is 2.57. The second-order valence-corrected chi connectivity index (χ2v) is 8.80. The van der Waals surface area contributed by atoms with Gasteiger partial charge in [0.2, 0.25) is 0 Å². The molecule has 0 aliphatic heterocycles. The third-order valence-electron chi connectivity index (χ3n) is 7.32. The van der Waals surface area contributed by atoms with Crippen molar-refractivity contribution in [2.75, 3.05) is 0 Å². The average molecular weight is 402 g/mol. The third kappa shape index (κ3) is 2.09. The molecule has 0 fully saturated rings. The highest BCUT2D eigenvalue weighted by Gasteiger charge is 2.43. The van der Waals surface area contributed by atoms with Crippen LogP contribution in [0.1, 0.15) is 56.3 Å². The van der Waals surface area contributed by atoms with Gasteiger partial charge in [-0.05, 0) is 91.3 Å². The van der Waals surface area contributed by atoms with Gasteiger partial charge in [0.15, 0.2) is 0 Å². The van der Waals surface area contributed by atoms with Crippen LogP contribution >= 0.6 is 0 Å². The van der Waals surface area contributed by atoms with Gasteiger partial charge >= 0.3 is 0 Å². The van der Waals surface area contributed by atoms with E-state index in [4.69, 9.17) is 12.8 Å². The van der Waals surface area contributed by atoms with Gasteiger partial charge in [-0.25, -0.2) is 0 Å². The molecule has 0 unspecified atom stereocenters. The Balaban J connectivity index is 1.62. The summed E-state index contributed by atoms with van der Waals surface area (Å²) in [5, 5.41) is 5.06. The summed E-state index contributed by atoms with van der Waals surface area (Å²) < 4.78 is 0. The molecule has 3 aliphatic rings. The number of terminal acetylenes is 2. The van der Waals surface area contributed by atoms with Gasteiger partial charge in [-0.2, -0.15) is 0 Å². The Bertz CT molecular complexity index is 1570. The van der Waals surface area contributed by atoms with E-state index >= 15 is 0 Å². The van der Waals surface area contributed by atoms with E-state index in [0.717, 1.165) is 11.1 Å². The maximum Gasteiger partial charge on any atom is 0.0362 e. The Labute approximate surface area is 187 Å². The Morgan fingerprint density at radius 2 is 0.938 bits per heavy atom. The Morgan fingerprint density at radius 3 is 1.38 bits per heavy atom. The summed E-state index contributed by atoms with van der Waals surface area (Å²) in [6, 6.07) is 30.7. The second-order valence-electron chi connectivity index (χ2n) is 8.80. The summed E-state index contributed by atoms with van der Waals surface area (Å²) in [5.74, 6) is 6.12. The lowest BCUT2D eigenvalue weighted by Gasteiger charge is -2.43. The van der Waals surface area contributed by atoms with E-state index in [1.807, 2.05) is 0 Å². The molecular weight excluding hydrogens is 384 g/mol.